The van der Waals surface area contributed by atoms with Crippen LogP contribution in [0.5, 0.6) is 0 Å². The smallest absolute Gasteiger partial charge is 0.275 e. The number of nitrogens with zero attached hydrogens (tertiary/aromatic N) is 4. The maximum absolute atomic E-state index is 12.8. The van der Waals surface area contributed by atoms with E-state index >= 15 is 0 Å². The predicted octanol–water partition coefficient (Wildman–Crippen LogP) is 3.13. The van der Waals surface area contributed by atoms with Crippen molar-refractivity contribution >= 4 is 28.2 Å². The second kappa shape index (κ2) is 7.91. The van der Waals surface area contributed by atoms with Gasteiger partial charge in [-0.2, -0.15) is 9.83 Å². The quantitative estimate of drug-likeness (QED) is 0.445. The molecule has 0 bridgehead atoms. The van der Waals surface area contributed by atoms with E-state index in [-0.39, 0.29) is 17.2 Å². The minimum Gasteiger partial charge on any atom is -0.426 e. The minimum absolute atomic E-state index is 0.0200. The van der Waals surface area contributed by atoms with Crippen LogP contribution >= 0.6 is 0 Å². The Labute approximate surface area is 191 Å². The summed E-state index contributed by atoms with van der Waals surface area (Å²) in [6.07, 6.45) is 7.76. The fourth-order valence-corrected chi connectivity index (χ4v) is 4.99. The molecule has 5 rings (SSSR count). The molecule has 3 aromatic rings. The highest BCUT2D eigenvalue weighted by atomic mass is 16.5. The topological polar surface area (TPSA) is 119 Å². The average molecular weight is 451 g/mol. The molecular formula is C24H30N6O3. The molecule has 0 radical (unpaired) electrons. The highest BCUT2D eigenvalue weighted by Crippen LogP contribution is 2.49. The third-order valence-electron chi connectivity index (χ3n) is 7.10. The third kappa shape index (κ3) is 3.97. The molecule has 1 aromatic carbocycles. The number of pyridine rings is 1. The second-order valence-electron chi connectivity index (χ2n) is 9.60. The van der Waals surface area contributed by atoms with Crippen LogP contribution in [0.25, 0.3) is 10.9 Å². The molecule has 2 aromatic heterocycles. The summed E-state index contributed by atoms with van der Waals surface area (Å²) in [5.74, 6) is -0.0228. The van der Waals surface area contributed by atoms with Gasteiger partial charge in [-0.05, 0) is 68.7 Å². The largest absolute Gasteiger partial charge is 0.426 e. The molecule has 2 aliphatic carbocycles. The number of fused-ring (bicyclic) bond motifs is 1. The lowest BCUT2D eigenvalue weighted by Crippen LogP contribution is -2.36. The highest BCUT2D eigenvalue weighted by Gasteiger charge is 2.45. The number of amides is 1. The normalized spacial score (nSPS) is 22.9. The fraction of sp³-hybridized carbons (Fsp3) is 0.458. The number of anilines is 2. The summed E-state index contributed by atoms with van der Waals surface area (Å²) in [5, 5.41) is 37.2. The van der Waals surface area contributed by atoms with Crippen LogP contribution in [0.3, 0.4) is 0 Å². The van der Waals surface area contributed by atoms with Crippen molar-refractivity contribution in [2.24, 2.45) is 5.92 Å². The Morgan fingerprint density at radius 3 is 2.61 bits per heavy atom. The van der Waals surface area contributed by atoms with E-state index in [9.17, 15) is 15.1 Å². The molecule has 0 atom stereocenters. The van der Waals surface area contributed by atoms with Gasteiger partial charge in [-0.1, -0.05) is 6.07 Å². The van der Waals surface area contributed by atoms with Gasteiger partial charge >= 0.3 is 0 Å². The maximum atomic E-state index is 12.8. The molecular weight excluding hydrogens is 420 g/mol. The number of nitrogens with one attached hydrogen (secondary N) is 2. The molecule has 2 fully saturated rings. The first-order valence-corrected chi connectivity index (χ1v) is 11.4. The van der Waals surface area contributed by atoms with E-state index in [1.165, 1.54) is 12.1 Å². The summed E-state index contributed by atoms with van der Waals surface area (Å²) in [6, 6.07) is 8.51. The van der Waals surface area contributed by atoms with Crippen LogP contribution in [0, 0.1) is 11.3 Å². The summed E-state index contributed by atoms with van der Waals surface area (Å²) < 4.78 is 2.57. The van der Waals surface area contributed by atoms with Crippen molar-refractivity contribution in [3.8, 4) is 0 Å². The molecule has 2 saturated carbocycles. The number of rotatable bonds is 5. The van der Waals surface area contributed by atoms with Gasteiger partial charge in [0.2, 0.25) is 0 Å². The number of aliphatic hydroxyl groups is 1. The first-order valence-electron chi connectivity index (χ1n) is 11.4. The van der Waals surface area contributed by atoms with Crippen molar-refractivity contribution in [3.63, 3.8) is 0 Å². The van der Waals surface area contributed by atoms with Crippen LogP contribution in [0.2, 0.25) is 0 Å². The lowest BCUT2D eigenvalue weighted by molar-refractivity contribution is -0.0281. The zero-order chi connectivity index (χ0) is 23.3. The van der Waals surface area contributed by atoms with Gasteiger partial charge in [0.1, 0.15) is 5.69 Å². The van der Waals surface area contributed by atoms with E-state index in [2.05, 4.69) is 5.32 Å². The first-order chi connectivity index (χ1) is 15.7. The molecule has 2 heterocycles. The van der Waals surface area contributed by atoms with Gasteiger partial charge < -0.3 is 20.5 Å². The van der Waals surface area contributed by atoms with Crippen LogP contribution in [0.15, 0.2) is 36.5 Å². The van der Waals surface area contributed by atoms with E-state index in [0.29, 0.717) is 16.3 Å². The van der Waals surface area contributed by atoms with Crippen molar-refractivity contribution in [2.75, 3.05) is 24.3 Å². The molecule has 2 aliphatic rings. The van der Waals surface area contributed by atoms with Gasteiger partial charge in [0.25, 0.3) is 5.91 Å². The van der Waals surface area contributed by atoms with Gasteiger partial charge in [-0.3, -0.25) is 14.9 Å². The number of hydrogen-bond acceptors (Lipinski definition) is 6. The molecule has 33 heavy (non-hydrogen) atoms. The Bertz CT molecular complexity index is 1260. The molecule has 9 heteroatoms. The van der Waals surface area contributed by atoms with Gasteiger partial charge in [-0.15, -0.1) is 0 Å². The molecule has 1 amide bonds. The van der Waals surface area contributed by atoms with E-state index in [1.54, 1.807) is 6.07 Å². The SMILES string of the molecule is CN(C)c1cc2nn(C3CCC(O)(C4CC4)CC3)cc2cc1NC(=O)c1cccc(=N)n1O. The lowest BCUT2D eigenvalue weighted by atomic mass is 9.79. The maximum Gasteiger partial charge on any atom is 0.275 e. The van der Waals surface area contributed by atoms with Gasteiger partial charge in [0.05, 0.1) is 28.5 Å². The second-order valence-corrected chi connectivity index (χ2v) is 9.60. The summed E-state index contributed by atoms with van der Waals surface area (Å²) in [7, 11) is 3.79. The van der Waals surface area contributed by atoms with Crippen LogP contribution < -0.4 is 15.7 Å². The molecule has 0 spiro atoms. The zero-order valence-electron chi connectivity index (χ0n) is 19.0. The Balaban J connectivity index is 1.42. The van der Waals surface area contributed by atoms with Crippen LogP contribution in [0.4, 0.5) is 11.4 Å². The Hall–Kier alpha value is -3.33. The van der Waals surface area contributed by atoms with Crippen molar-refractivity contribution in [3.05, 3.63) is 47.7 Å². The van der Waals surface area contributed by atoms with Crippen LogP contribution in [0.1, 0.15) is 55.1 Å². The minimum atomic E-state index is -0.506. The standard InChI is InChI=1S/C24H30N6O3/c1-28(2)21-13-18-15(12-19(21)26-23(31)20-4-3-5-22(25)30(20)33)14-29(27-18)17-8-10-24(32,11-9-17)16-6-7-16/h3-5,12-14,16-17,25,32-33H,6-11H2,1-2H3,(H,26,31). The molecule has 0 saturated heterocycles. The summed E-state index contributed by atoms with van der Waals surface area (Å²) >= 11 is 0. The Kier molecular flexibility index (Phi) is 5.16. The molecule has 174 valence electrons. The van der Waals surface area contributed by atoms with Crippen LogP contribution in [-0.4, -0.2) is 50.4 Å². The molecule has 0 aliphatic heterocycles. The van der Waals surface area contributed by atoms with E-state index in [4.69, 9.17) is 10.5 Å². The average Bonchev–Trinajstić information content (AvgIpc) is 3.56. The van der Waals surface area contributed by atoms with Crippen molar-refractivity contribution < 1.29 is 15.1 Å². The van der Waals surface area contributed by atoms with Gasteiger partial charge in [0.15, 0.2) is 5.49 Å². The highest BCUT2D eigenvalue weighted by molar-refractivity contribution is 6.06. The number of hydrogen-bond donors (Lipinski definition) is 4. The van der Waals surface area contributed by atoms with Crippen molar-refractivity contribution in [2.45, 2.75) is 50.2 Å². The van der Waals surface area contributed by atoms with Crippen LogP contribution in [-0.2, 0) is 0 Å². The number of carbonyl (C=O) groups is 1. The molecule has 9 nitrogen and oxygen atoms in total. The number of benzene rings is 1. The zero-order valence-corrected chi connectivity index (χ0v) is 19.0. The van der Waals surface area contributed by atoms with E-state index < -0.39 is 11.5 Å². The summed E-state index contributed by atoms with van der Waals surface area (Å²) in [4.78, 5) is 14.7. The first kappa shape index (κ1) is 21.5. The lowest BCUT2D eigenvalue weighted by Gasteiger charge is -2.36. The van der Waals surface area contributed by atoms with E-state index in [1.807, 2.05) is 42.0 Å². The number of aromatic nitrogens is 3. The van der Waals surface area contributed by atoms with Crippen molar-refractivity contribution in [1.82, 2.24) is 14.5 Å². The predicted molar refractivity (Wildman–Crippen MR) is 125 cm³/mol. The number of carbonyl (C=O) groups excluding carboxylic acids is 1. The van der Waals surface area contributed by atoms with Gasteiger partial charge in [-0.25, -0.2) is 0 Å². The third-order valence-corrected chi connectivity index (χ3v) is 7.10. The van der Waals surface area contributed by atoms with E-state index in [0.717, 1.165) is 55.1 Å². The van der Waals surface area contributed by atoms with Crippen molar-refractivity contribution in [1.29, 1.82) is 5.41 Å². The van der Waals surface area contributed by atoms with Gasteiger partial charge in [0, 0.05) is 25.7 Å². The molecule has 4 N–H and O–H groups in total. The molecule has 0 unspecified atom stereocenters. The summed E-state index contributed by atoms with van der Waals surface area (Å²) in [6.45, 7) is 0. The fourth-order valence-electron chi connectivity index (χ4n) is 4.99. The summed E-state index contributed by atoms with van der Waals surface area (Å²) in [5.41, 5.74) is 1.55. The Morgan fingerprint density at radius 2 is 1.94 bits per heavy atom. The Morgan fingerprint density at radius 1 is 1.21 bits per heavy atom. The monoisotopic (exact) mass is 450 g/mol.